The summed E-state index contributed by atoms with van der Waals surface area (Å²) >= 11 is 5.88. The first kappa shape index (κ1) is 16.3. The molecule has 0 aromatic heterocycles. The lowest BCUT2D eigenvalue weighted by atomic mass is 10.1. The van der Waals surface area contributed by atoms with Gasteiger partial charge < -0.3 is 4.90 Å². The van der Waals surface area contributed by atoms with Gasteiger partial charge in [0.15, 0.2) is 0 Å². The lowest BCUT2D eigenvalue weighted by Gasteiger charge is -2.31. The second kappa shape index (κ2) is 6.34. The van der Waals surface area contributed by atoms with Crippen LogP contribution in [0.3, 0.4) is 0 Å². The summed E-state index contributed by atoms with van der Waals surface area (Å²) in [5, 5.41) is 0.396. The van der Waals surface area contributed by atoms with Crippen molar-refractivity contribution in [3.8, 4) is 0 Å². The zero-order valence-corrected chi connectivity index (χ0v) is 13.7. The summed E-state index contributed by atoms with van der Waals surface area (Å²) in [6, 6.07) is 4.67. The fourth-order valence-corrected chi connectivity index (χ4v) is 4.27. The van der Waals surface area contributed by atoms with Crippen LogP contribution in [-0.2, 0) is 14.8 Å². The Kier molecular flexibility index (Phi) is 4.91. The van der Waals surface area contributed by atoms with E-state index in [1.54, 1.807) is 24.0 Å². The van der Waals surface area contributed by atoms with E-state index >= 15 is 0 Å². The smallest absolute Gasteiger partial charge is 0.241 e. The molecule has 21 heavy (non-hydrogen) atoms. The van der Waals surface area contributed by atoms with Crippen molar-refractivity contribution in [3.05, 3.63) is 28.8 Å². The van der Waals surface area contributed by atoms with Crippen LogP contribution in [0.1, 0.15) is 25.3 Å². The van der Waals surface area contributed by atoms with E-state index in [0.29, 0.717) is 36.5 Å². The zero-order chi connectivity index (χ0) is 15.6. The molecule has 1 heterocycles. The molecule has 0 saturated carbocycles. The molecule has 1 aromatic rings. The Morgan fingerprint density at radius 3 is 2.52 bits per heavy atom. The SMILES string of the molecule is CC(=O)N1CCC(NS(=O)(=O)c2cc(Cl)ccc2C)CC1. The second-order valence-corrected chi connectivity index (χ2v) is 7.43. The van der Waals surface area contributed by atoms with Crippen molar-refractivity contribution < 1.29 is 13.2 Å². The molecule has 1 aromatic carbocycles. The van der Waals surface area contributed by atoms with Crippen LogP contribution in [0, 0.1) is 6.92 Å². The van der Waals surface area contributed by atoms with Crippen molar-refractivity contribution >= 4 is 27.5 Å². The number of carbonyl (C=O) groups is 1. The van der Waals surface area contributed by atoms with E-state index < -0.39 is 10.0 Å². The van der Waals surface area contributed by atoms with Gasteiger partial charge in [-0.2, -0.15) is 0 Å². The van der Waals surface area contributed by atoms with Gasteiger partial charge in [0, 0.05) is 31.1 Å². The maximum Gasteiger partial charge on any atom is 0.241 e. The first-order valence-corrected chi connectivity index (χ1v) is 8.70. The average molecular weight is 331 g/mol. The van der Waals surface area contributed by atoms with Crippen LogP contribution in [0.25, 0.3) is 0 Å². The fraction of sp³-hybridized carbons (Fsp3) is 0.500. The monoisotopic (exact) mass is 330 g/mol. The Bertz CT molecular complexity index is 638. The van der Waals surface area contributed by atoms with E-state index in [-0.39, 0.29) is 16.8 Å². The van der Waals surface area contributed by atoms with Crippen LogP contribution in [0.15, 0.2) is 23.1 Å². The third-order valence-electron chi connectivity index (χ3n) is 3.70. The number of amides is 1. The Morgan fingerprint density at radius 1 is 1.33 bits per heavy atom. The summed E-state index contributed by atoms with van der Waals surface area (Å²) in [6.45, 7) is 4.43. The predicted molar refractivity (Wildman–Crippen MR) is 81.8 cm³/mol. The van der Waals surface area contributed by atoms with Crippen molar-refractivity contribution in [2.24, 2.45) is 0 Å². The Labute approximate surface area is 130 Å². The fourth-order valence-electron chi connectivity index (χ4n) is 2.46. The number of nitrogens with one attached hydrogen (secondary N) is 1. The molecule has 116 valence electrons. The molecule has 5 nitrogen and oxygen atoms in total. The molecule has 1 aliphatic rings. The predicted octanol–water partition coefficient (Wildman–Crippen LogP) is 1.94. The van der Waals surface area contributed by atoms with Crippen molar-refractivity contribution in [2.75, 3.05) is 13.1 Å². The van der Waals surface area contributed by atoms with Gasteiger partial charge in [-0.25, -0.2) is 13.1 Å². The van der Waals surface area contributed by atoms with Gasteiger partial charge >= 0.3 is 0 Å². The van der Waals surface area contributed by atoms with Crippen molar-refractivity contribution in [1.29, 1.82) is 0 Å². The highest BCUT2D eigenvalue weighted by Gasteiger charge is 2.26. The van der Waals surface area contributed by atoms with E-state index in [2.05, 4.69) is 4.72 Å². The Balaban J connectivity index is 2.09. The molecule has 1 aliphatic heterocycles. The molecule has 0 unspecified atom stereocenters. The standard InChI is InChI=1S/C14H19ClN2O3S/c1-10-3-4-12(15)9-14(10)21(19,20)16-13-5-7-17(8-6-13)11(2)18/h3-4,9,13,16H,5-8H2,1-2H3. The molecule has 0 aliphatic carbocycles. The molecule has 1 saturated heterocycles. The third-order valence-corrected chi connectivity index (χ3v) is 5.60. The molecule has 0 radical (unpaired) electrons. The van der Waals surface area contributed by atoms with Gasteiger partial charge in [-0.1, -0.05) is 17.7 Å². The topological polar surface area (TPSA) is 66.5 Å². The molecular formula is C14H19ClN2O3S. The number of benzene rings is 1. The molecule has 1 N–H and O–H groups in total. The molecule has 1 fully saturated rings. The lowest BCUT2D eigenvalue weighted by Crippen LogP contribution is -2.46. The number of nitrogens with zero attached hydrogens (tertiary/aromatic N) is 1. The van der Waals surface area contributed by atoms with Crippen LogP contribution >= 0.6 is 11.6 Å². The molecule has 0 atom stereocenters. The van der Waals surface area contributed by atoms with Crippen LogP contribution in [0.5, 0.6) is 0 Å². The zero-order valence-electron chi connectivity index (χ0n) is 12.1. The number of likely N-dealkylation sites (tertiary alicyclic amines) is 1. The van der Waals surface area contributed by atoms with E-state index in [0.717, 1.165) is 0 Å². The van der Waals surface area contributed by atoms with Crippen LogP contribution in [0.4, 0.5) is 0 Å². The van der Waals surface area contributed by atoms with Gasteiger partial charge in [-0.15, -0.1) is 0 Å². The highest BCUT2D eigenvalue weighted by atomic mass is 35.5. The highest BCUT2D eigenvalue weighted by Crippen LogP contribution is 2.21. The summed E-state index contributed by atoms with van der Waals surface area (Å²) in [4.78, 5) is 13.2. The Hall–Kier alpha value is -1.11. The molecule has 0 bridgehead atoms. The van der Waals surface area contributed by atoms with Gasteiger partial charge in [0.1, 0.15) is 0 Å². The second-order valence-electron chi connectivity index (χ2n) is 5.31. The number of rotatable bonds is 3. The minimum absolute atomic E-state index is 0.0296. The number of halogens is 1. The first-order valence-electron chi connectivity index (χ1n) is 6.83. The van der Waals surface area contributed by atoms with Gasteiger partial charge in [0.2, 0.25) is 15.9 Å². The third kappa shape index (κ3) is 3.96. The summed E-state index contributed by atoms with van der Waals surface area (Å²) in [5.74, 6) is 0.0296. The van der Waals surface area contributed by atoms with Crippen molar-refractivity contribution in [3.63, 3.8) is 0 Å². The summed E-state index contributed by atoms with van der Waals surface area (Å²) < 4.78 is 27.6. The average Bonchev–Trinajstić information content (AvgIpc) is 2.41. The highest BCUT2D eigenvalue weighted by molar-refractivity contribution is 7.89. The number of carbonyl (C=O) groups excluding carboxylic acids is 1. The van der Waals surface area contributed by atoms with Crippen LogP contribution in [-0.4, -0.2) is 38.4 Å². The quantitative estimate of drug-likeness (QED) is 0.921. The Morgan fingerprint density at radius 2 is 1.95 bits per heavy atom. The van der Waals surface area contributed by atoms with Crippen molar-refractivity contribution in [1.82, 2.24) is 9.62 Å². The minimum atomic E-state index is -3.59. The summed E-state index contributed by atoms with van der Waals surface area (Å²) in [5.41, 5.74) is 0.660. The minimum Gasteiger partial charge on any atom is -0.343 e. The number of hydrogen-bond acceptors (Lipinski definition) is 3. The molecular weight excluding hydrogens is 312 g/mol. The van der Waals surface area contributed by atoms with Gasteiger partial charge in [-0.3, -0.25) is 4.79 Å². The van der Waals surface area contributed by atoms with E-state index in [4.69, 9.17) is 11.6 Å². The number of piperidine rings is 1. The number of hydrogen-bond donors (Lipinski definition) is 1. The first-order chi connectivity index (χ1) is 9.79. The largest absolute Gasteiger partial charge is 0.343 e. The van der Waals surface area contributed by atoms with E-state index in [1.807, 2.05) is 0 Å². The maximum absolute atomic E-state index is 12.4. The van der Waals surface area contributed by atoms with Crippen molar-refractivity contribution in [2.45, 2.75) is 37.6 Å². The normalized spacial score (nSPS) is 17.0. The van der Waals surface area contributed by atoms with Gasteiger partial charge in [-0.05, 0) is 37.5 Å². The van der Waals surface area contributed by atoms with E-state index in [9.17, 15) is 13.2 Å². The van der Waals surface area contributed by atoms with Gasteiger partial charge in [0.05, 0.1) is 4.90 Å². The maximum atomic E-state index is 12.4. The molecule has 0 spiro atoms. The molecule has 7 heteroatoms. The summed E-state index contributed by atoms with van der Waals surface area (Å²) in [6.07, 6.45) is 1.25. The van der Waals surface area contributed by atoms with Crippen LogP contribution in [0.2, 0.25) is 5.02 Å². The van der Waals surface area contributed by atoms with Gasteiger partial charge in [0.25, 0.3) is 0 Å². The molecule has 1 amide bonds. The van der Waals surface area contributed by atoms with E-state index in [1.165, 1.54) is 13.0 Å². The lowest BCUT2D eigenvalue weighted by molar-refractivity contribution is -0.129. The number of aryl methyl sites for hydroxylation is 1. The van der Waals surface area contributed by atoms with Crippen LogP contribution < -0.4 is 4.72 Å². The molecule has 2 rings (SSSR count). The summed E-state index contributed by atoms with van der Waals surface area (Å²) in [7, 11) is -3.59. The number of sulfonamides is 1.